The van der Waals surface area contributed by atoms with Gasteiger partial charge in [0, 0.05) is 0 Å². The molecule has 2 N–H and O–H groups in total. The Hall–Kier alpha value is -1.51. The Morgan fingerprint density at radius 3 is 2.47 bits per heavy atom. The van der Waals surface area contributed by atoms with Gasteiger partial charge >= 0.3 is 5.97 Å². The molecule has 1 rings (SSSR count). The molecule has 0 heterocycles. The molecule has 1 aromatic carbocycles. The third-order valence-electron chi connectivity index (χ3n) is 2.86. The molecule has 0 bridgehead atoms. The van der Waals surface area contributed by atoms with Crippen molar-refractivity contribution in [3.05, 3.63) is 29.3 Å². The number of hydrogen-bond acceptors (Lipinski definition) is 2. The molecule has 0 saturated carbocycles. The maximum absolute atomic E-state index is 10.7. The van der Waals surface area contributed by atoms with Crippen LogP contribution in [0.5, 0.6) is 5.75 Å². The minimum atomic E-state index is -1.09. The van der Waals surface area contributed by atoms with Gasteiger partial charge in [-0.2, -0.15) is 0 Å². The zero-order valence-corrected chi connectivity index (χ0v) is 10.3. The van der Waals surface area contributed by atoms with E-state index in [-0.39, 0.29) is 11.3 Å². The predicted molar refractivity (Wildman–Crippen MR) is 67.5 cm³/mol. The smallest absolute Gasteiger partial charge is 0.339 e. The van der Waals surface area contributed by atoms with Crippen LogP contribution in [-0.2, 0) is 6.42 Å². The van der Waals surface area contributed by atoms with Crippen LogP contribution in [-0.4, -0.2) is 16.2 Å². The molecule has 0 aliphatic rings. The van der Waals surface area contributed by atoms with E-state index >= 15 is 0 Å². The molecular weight excluding hydrogens is 216 g/mol. The van der Waals surface area contributed by atoms with Crippen molar-refractivity contribution >= 4 is 5.97 Å². The molecule has 0 aliphatic carbocycles. The number of phenols is 1. The van der Waals surface area contributed by atoms with Crippen LogP contribution in [0.2, 0.25) is 0 Å². The van der Waals surface area contributed by atoms with Crippen molar-refractivity contribution in [3.63, 3.8) is 0 Å². The fourth-order valence-electron chi connectivity index (χ4n) is 1.85. The van der Waals surface area contributed by atoms with Crippen LogP contribution in [0.1, 0.15) is 54.9 Å². The lowest BCUT2D eigenvalue weighted by Crippen LogP contribution is -1.97. The first-order valence-corrected chi connectivity index (χ1v) is 6.20. The van der Waals surface area contributed by atoms with Crippen LogP contribution >= 0.6 is 0 Å². The van der Waals surface area contributed by atoms with Crippen molar-refractivity contribution in [1.82, 2.24) is 0 Å². The lowest BCUT2D eigenvalue weighted by molar-refractivity contribution is 0.0693. The number of aromatic hydroxyl groups is 1. The first kappa shape index (κ1) is 13.6. The fourth-order valence-corrected chi connectivity index (χ4v) is 1.85. The zero-order valence-electron chi connectivity index (χ0n) is 10.3. The van der Waals surface area contributed by atoms with E-state index in [1.54, 1.807) is 12.1 Å². The Morgan fingerprint density at radius 1 is 1.18 bits per heavy atom. The van der Waals surface area contributed by atoms with E-state index in [4.69, 9.17) is 5.11 Å². The Bertz CT molecular complexity index is 372. The standard InChI is InChI=1S/C14H20O3/c1-2-3-4-5-6-7-11-8-9-12(14(16)17)13(15)10-11/h8-10,15H,2-7H2,1H3,(H,16,17). The van der Waals surface area contributed by atoms with Crippen molar-refractivity contribution in [1.29, 1.82) is 0 Å². The van der Waals surface area contributed by atoms with E-state index in [0.717, 1.165) is 18.4 Å². The third kappa shape index (κ3) is 4.47. The van der Waals surface area contributed by atoms with Crippen molar-refractivity contribution in [2.24, 2.45) is 0 Å². The van der Waals surface area contributed by atoms with Crippen LogP contribution in [0.25, 0.3) is 0 Å². The van der Waals surface area contributed by atoms with E-state index in [1.165, 1.54) is 31.7 Å². The van der Waals surface area contributed by atoms with Crippen LogP contribution in [0.15, 0.2) is 18.2 Å². The first-order chi connectivity index (χ1) is 8.15. The van der Waals surface area contributed by atoms with E-state index in [2.05, 4.69) is 6.92 Å². The van der Waals surface area contributed by atoms with E-state index in [1.807, 2.05) is 0 Å². The van der Waals surface area contributed by atoms with Crippen LogP contribution in [0.4, 0.5) is 0 Å². The monoisotopic (exact) mass is 236 g/mol. The molecule has 0 fully saturated rings. The SMILES string of the molecule is CCCCCCCc1ccc(C(=O)O)c(O)c1. The molecule has 0 unspecified atom stereocenters. The van der Waals surface area contributed by atoms with Gasteiger partial charge in [0.2, 0.25) is 0 Å². The highest BCUT2D eigenvalue weighted by Gasteiger charge is 2.09. The topological polar surface area (TPSA) is 57.5 Å². The second kappa shape index (κ2) is 6.94. The Morgan fingerprint density at radius 2 is 1.88 bits per heavy atom. The van der Waals surface area contributed by atoms with Crippen molar-refractivity contribution < 1.29 is 15.0 Å². The molecule has 3 nitrogen and oxygen atoms in total. The molecule has 0 atom stereocenters. The van der Waals surface area contributed by atoms with Gasteiger partial charge in [0.05, 0.1) is 0 Å². The lowest BCUT2D eigenvalue weighted by Gasteiger charge is -2.04. The number of hydrogen-bond donors (Lipinski definition) is 2. The largest absolute Gasteiger partial charge is 0.507 e. The average molecular weight is 236 g/mol. The summed E-state index contributed by atoms with van der Waals surface area (Å²) in [6, 6.07) is 4.81. The Balaban J connectivity index is 2.45. The zero-order chi connectivity index (χ0) is 12.7. The number of carboxylic acid groups (broad SMARTS) is 1. The van der Waals surface area contributed by atoms with Gasteiger partial charge < -0.3 is 10.2 Å². The number of unbranched alkanes of at least 4 members (excludes halogenated alkanes) is 4. The van der Waals surface area contributed by atoms with Gasteiger partial charge in [-0.3, -0.25) is 0 Å². The fraction of sp³-hybridized carbons (Fsp3) is 0.500. The van der Waals surface area contributed by atoms with Gasteiger partial charge in [-0.25, -0.2) is 4.79 Å². The lowest BCUT2D eigenvalue weighted by atomic mass is 10.0. The summed E-state index contributed by atoms with van der Waals surface area (Å²) in [5.41, 5.74) is 0.976. The first-order valence-electron chi connectivity index (χ1n) is 6.20. The molecule has 3 heteroatoms. The molecule has 0 amide bonds. The van der Waals surface area contributed by atoms with Crippen LogP contribution in [0.3, 0.4) is 0 Å². The average Bonchev–Trinajstić information content (AvgIpc) is 2.28. The number of carbonyl (C=O) groups is 1. The summed E-state index contributed by atoms with van der Waals surface area (Å²) in [6.07, 6.45) is 6.92. The van der Waals surface area contributed by atoms with E-state index in [9.17, 15) is 9.90 Å². The van der Waals surface area contributed by atoms with Gasteiger partial charge in [-0.05, 0) is 30.5 Å². The maximum atomic E-state index is 10.7. The molecule has 0 saturated heterocycles. The maximum Gasteiger partial charge on any atom is 0.339 e. The van der Waals surface area contributed by atoms with E-state index in [0.29, 0.717) is 0 Å². The second-order valence-electron chi connectivity index (χ2n) is 4.32. The summed E-state index contributed by atoms with van der Waals surface area (Å²) in [7, 11) is 0. The third-order valence-corrected chi connectivity index (χ3v) is 2.86. The summed E-state index contributed by atoms with van der Waals surface area (Å²) < 4.78 is 0. The predicted octanol–water partition coefficient (Wildman–Crippen LogP) is 3.60. The number of aromatic carboxylic acids is 1. The van der Waals surface area contributed by atoms with Gasteiger partial charge in [-0.1, -0.05) is 38.7 Å². The number of rotatable bonds is 7. The van der Waals surface area contributed by atoms with Crippen molar-refractivity contribution in [2.45, 2.75) is 45.4 Å². The minimum absolute atomic E-state index is 0.0280. The Kier molecular flexibility index (Phi) is 5.53. The van der Waals surface area contributed by atoms with Crippen LogP contribution < -0.4 is 0 Å². The van der Waals surface area contributed by atoms with Gasteiger partial charge in [0.1, 0.15) is 11.3 Å². The van der Waals surface area contributed by atoms with Crippen molar-refractivity contribution in [2.75, 3.05) is 0 Å². The number of carboxylic acids is 1. The second-order valence-corrected chi connectivity index (χ2v) is 4.32. The van der Waals surface area contributed by atoms with Gasteiger partial charge in [0.25, 0.3) is 0 Å². The number of aryl methyl sites for hydroxylation is 1. The summed E-state index contributed by atoms with van der Waals surface area (Å²) in [6.45, 7) is 2.18. The molecular formula is C14H20O3. The summed E-state index contributed by atoms with van der Waals surface area (Å²) in [4.78, 5) is 10.7. The normalized spacial score (nSPS) is 10.4. The van der Waals surface area contributed by atoms with Crippen LogP contribution in [0, 0.1) is 0 Å². The Labute approximate surface area is 102 Å². The molecule has 94 valence electrons. The summed E-state index contributed by atoms with van der Waals surface area (Å²) >= 11 is 0. The summed E-state index contributed by atoms with van der Waals surface area (Å²) in [5.74, 6) is -1.22. The van der Waals surface area contributed by atoms with Crippen molar-refractivity contribution in [3.8, 4) is 5.75 Å². The molecule has 0 aromatic heterocycles. The highest BCUT2D eigenvalue weighted by atomic mass is 16.4. The summed E-state index contributed by atoms with van der Waals surface area (Å²) in [5, 5.41) is 18.3. The molecule has 17 heavy (non-hydrogen) atoms. The van der Waals surface area contributed by atoms with Gasteiger partial charge in [0.15, 0.2) is 0 Å². The molecule has 1 aromatic rings. The molecule has 0 radical (unpaired) electrons. The number of benzene rings is 1. The van der Waals surface area contributed by atoms with Gasteiger partial charge in [-0.15, -0.1) is 0 Å². The minimum Gasteiger partial charge on any atom is -0.507 e. The van der Waals surface area contributed by atoms with E-state index < -0.39 is 5.97 Å². The quantitative estimate of drug-likeness (QED) is 0.711. The highest BCUT2D eigenvalue weighted by Crippen LogP contribution is 2.20. The molecule has 0 aliphatic heterocycles. The highest BCUT2D eigenvalue weighted by molar-refractivity contribution is 5.90. The molecule has 0 spiro atoms.